The van der Waals surface area contributed by atoms with E-state index in [1.165, 1.54) is 0 Å². The first-order chi connectivity index (χ1) is 11.7. The second-order valence-electron chi connectivity index (χ2n) is 6.61. The Hall–Kier alpha value is -2.08. The summed E-state index contributed by atoms with van der Waals surface area (Å²) in [6.07, 6.45) is 2.17. The molecule has 0 aliphatic carbocycles. The first kappa shape index (κ1) is 15.4. The van der Waals surface area contributed by atoms with E-state index in [9.17, 15) is 9.59 Å². The zero-order valence-electron chi connectivity index (χ0n) is 13.9. The number of nitrogens with zero attached hydrogens (tertiary/aromatic N) is 2. The molecule has 3 heterocycles. The fourth-order valence-corrected chi connectivity index (χ4v) is 4.38. The summed E-state index contributed by atoms with van der Waals surface area (Å²) in [7, 11) is 1.64. The van der Waals surface area contributed by atoms with Crippen molar-refractivity contribution in [1.29, 1.82) is 0 Å². The molecule has 0 bridgehead atoms. The highest BCUT2D eigenvalue weighted by molar-refractivity contribution is 5.84. The normalized spacial score (nSPS) is 28.2. The Morgan fingerprint density at radius 2 is 2.21 bits per heavy atom. The van der Waals surface area contributed by atoms with E-state index in [4.69, 9.17) is 9.47 Å². The molecular weight excluding hydrogens is 308 g/mol. The molecule has 0 radical (unpaired) electrons. The van der Waals surface area contributed by atoms with Gasteiger partial charge in [0, 0.05) is 25.9 Å². The molecule has 3 aliphatic rings. The molecule has 3 saturated heterocycles. The van der Waals surface area contributed by atoms with Crippen molar-refractivity contribution in [2.24, 2.45) is 0 Å². The summed E-state index contributed by atoms with van der Waals surface area (Å²) < 4.78 is 11.3. The van der Waals surface area contributed by atoms with Crippen molar-refractivity contribution in [3.8, 4) is 5.75 Å². The van der Waals surface area contributed by atoms with Crippen LogP contribution in [-0.2, 0) is 20.7 Å². The van der Waals surface area contributed by atoms with E-state index < -0.39 is 5.72 Å². The van der Waals surface area contributed by atoms with Crippen molar-refractivity contribution in [1.82, 2.24) is 9.80 Å². The maximum Gasteiger partial charge on any atom is 0.227 e. The van der Waals surface area contributed by atoms with Crippen LogP contribution >= 0.6 is 0 Å². The summed E-state index contributed by atoms with van der Waals surface area (Å²) in [5, 5.41) is 0. The van der Waals surface area contributed by atoms with E-state index in [2.05, 4.69) is 0 Å². The molecule has 24 heavy (non-hydrogen) atoms. The second-order valence-corrected chi connectivity index (χ2v) is 6.61. The number of ether oxygens (including phenoxy) is 2. The zero-order valence-corrected chi connectivity index (χ0v) is 13.9. The molecule has 0 aromatic heterocycles. The number of carbonyl (C=O) groups is 2. The molecule has 4 rings (SSSR count). The van der Waals surface area contributed by atoms with Crippen LogP contribution in [0, 0.1) is 0 Å². The molecule has 6 nitrogen and oxygen atoms in total. The second kappa shape index (κ2) is 5.77. The van der Waals surface area contributed by atoms with E-state index in [1.807, 2.05) is 34.1 Å². The highest BCUT2D eigenvalue weighted by atomic mass is 16.5. The van der Waals surface area contributed by atoms with Crippen LogP contribution in [0.4, 0.5) is 0 Å². The van der Waals surface area contributed by atoms with Crippen LogP contribution in [0.25, 0.3) is 0 Å². The molecule has 1 aromatic carbocycles. The lowest BCUT2D eigenvalue weighted by Gasteiger charge is -2.31. The van der Waals surface area contributed by atoms with Gasteiger partial charge in [-0.25, -0.2) is 0 Å². The SMILES string of the molecule is COc1ccccc1CCC(=O)N1CC[C@@]23OCCN2C(=O)C[C@@H]13. The monoisotopic (exact) mass is 330 g/mol. The fraction of sp³-hybridized carbons (Fsp3) is 0.556. The van der Waals surface area contributed by atoms with Crippen LogP contribution in [0.15, 0.2) is 24.3 Å². The smallest absolute Gasteiger partial charge is 0.227 e. The van der Waals surface area contributed by atoms with Crippen LogP contribution in [0.2, 0.25) is 0 Å². The average Bonchev–Trinajstić information content (AvgIpc) is 3.24. The molecule has 1 aromatic rings. The number of rotatable bonds is 4. The summed E-state index contributed by atoms with van der Waals surface area (Å²) >= 11 is 0. The number of benzene rings is 1. The minimum absolute atomic E-state index is 0.0907. The lowest BCUT2D eigenvalue weighted by molar-refractivity contribution is -0.139. The largest absolute Gasteiger partial charge is 0.496 e. The zero-order chi connectivity index (χ0) is 16.7. The van der Waals surface area contributed by atoms with Gasteiger partial charge in [-0.3, -0.25) is 9.59 Å². The van der Waals surface area contributed by atoms with Gasteiger partial charge in [0.15, 0.2) is 5.72 Å². The van der Waals surface area contributed by atoms with E-state index in [0.717, 1.165) is 17.7 Å². The Balaban J connectivity index is 1.45. The van der Waals surface area contributed by atoms with Crippen molar-refractivity contribution in [3.05, 3.63) is 29.8 Å². The molecule has 0 saturated carbocycles. The van der Waals surface area contributed by atoms with Crippen molar-refractivity contribution >= 4 is 11.8 Å². The molecule has 1 spiro atoms. The Bertz CT molecular complexity index is 677. The molecule has 0 unspecified atom stereocenters. The molecule has 6 heteroatoms. The van der Waals surface area contributed by atoms with Crippen LogP contribution in [0.1, 0.15) is 24.8 Å². The maximum atomic E-state index is 12.8. The van der Waals surface area contributed by atoms with Gasteiger partial charge in [-0.1, -0.05) is 18.2 Å². The first-order valence-corrected chi connectivity index (χ1v) is 8.51. The van der Waals surface area contributed by atoms with Gasteiger partial charge < -0.3 is 19.3 Å². The maximum absolute atomic E-state index is 12.8. The minimum atomic E-state index is -0.544. The van der Waals surface area contributed by atoms with E-state index in [1.54, 1.807) is 7.11 Å². The molecule has 3 fully saturated rings. The van der Waals surface area contributed by atoms with Crippen LogP contribution < -0.4 is 4.74 Å². The predicted molar refractivity (Wildman–Crippen MR) is 86.4 cm³/mol. The van der Waals surface area contributed by atoms with Crippen molar-refractivity contribution < 1.29 is 19.1 Å². The van der Waals surface area contributed by atoms with Crippen molar-refractivity contribution in [3.63, 3.8) is 0 Å². The molecule has 3 aliphatic heterocycles. The number of para-hydroxylation sites is 1. The standard InChI is InChI=1S/C18H22N2O4/c1-23-14-5-3-2-4-13(14)6-7-16(21)19-9-8-18-15(19)12-17(22)20(18)10-11-24-18/h2-5,15H,6-12H2,1H3/t15-,18+/m1/s1. The van der Waals surface area contributed by atoms with Crippen LogP contribution in [0.5, 0.6) is 5.75 Å². The molecule has 128 valence electrons. The van der Waals surface area contributed by atoms with E-state index in [0.29, 0.717) is 39.0 Å². The summed E-state index contributed by atoms with van der Waals surface area (Å²) in [4.78, 5) is 28.6. The summed E-state index contributed by atoms with van der Waals surface area (Å²) in [5.74, 6) is 1.01. The number of amides is 2. The number of hydrogen-bond donors (Lipinski definition) is 0. The van der Waals surface area contributed by atoms with Gasteiger partial charge in [0.05, 0.1) is 26.2 Å². The van der Waals surface area contributed by atoms with Crippen molar-refractivity contribution in [2.75, 3.05) is 26.8 Å². The van der Waals surface area contributed by atoms with E-state index >= 15 is 0 Å². The molecular formula is C18H22N2O4. The van der Waals surface area contributed by atoms with E-state index in [-0.39, 0.29) is 17.9 Å². The van der Waals surface area contributed by atoms with Gasteiger partial charge in [-0.15, -0.1) is 0 Å². The summed E-state index contributed by atoms with van der Waals surface area (Å²) in [6, 6.07) is 7.64. The third-order valence-corrected chi connectivity index (χ3v) is 5.52. The number of aryl methyl sites for hydroxylation is 1. The van der Waals surface area contributed by atoms with Gasteiger partial charge in [0.2, 0.25) is 11.8 Å². The molecule has 2 amide bonds. The topological polar surface area (TPSA) is 59.1 Å². The number of likely N-dealkylation sites (tertiary alicyclic amines) is 1. The summed E-state index contributed by atoms with van der Waals surface area (Å²) in [6.45, 7) is 1.89. The average molecular weight is 330 g/mol. The summed E-state index contributed by atoms with van der Waals surface area (Å²) in [5.41, 5.74) is 0.487. The highest BCUT2D eigenvalue weighted by Gasteiger charge is 2.62. The number of methoxy groups -OCH3 is 1. The highest BCUT2D eigenvalue weighted by Crippen LogP contribution is 2.45. The lowest BCUT2D eigenvalue weighted by Crippen LogP contribution is -2.48. The third kappa shape index (κ3) is 2.20. The Morgan fingerprint density at radius 1 is 1.38 bits per heavy atom. The molecule has 2 atom stereocenters. The number of carbonyl (C=O) groups excluding carboxylic acids is 2. The predicted octanol–water partition coefficient (Wildman–Crippen LogP) is 1.19. The lowest BCUT2D eigenvalue weighted by atomic mass is 10.1. The van der Waals surface area contributed by atoms with Gasteiger partial charge in [0.1, 0.15) is 5.75 Å². The first-order valence-electron chi connectivity index (χ1n) is 8.51. The van der Waals surface area contributed by atoms with Gasteiger partial charge in [0.25, 0.3) is 0 Å². The Morgan fingerprint density at radius 3 is 3.04 bits per heavy atom. The van der Waals surface area contributed by atoms with Crippen LogP contribution in [0.3, 0.4) is 0 Å². The van der Waals surface area contributed by atoms with Crippen LogP contribution in [-0.4, -0.2) is 60.2 Å². The van der Waals surface area contributed by atoms with Gasteiger partial charge in [-0.05, 0) is 18.1 Å². The minimum Gasteiger partial charge on any atom is -0.496 e. The van der Waals surface area contributed by atoms with Gasteiger partial charge in [-0.2, -0.15) is 0 Å². The number of hydrogen-bond acceptors (Lipinski definition) is 4. The molecule has 0 N–H and O–H groups in total. The quantitative estimate of drug-likeness (QED) is 0.832. The third-order valence-electron chi connectivity index (χ3n) is 5.52. The van der Waals surface area contributed by atoms with Crippen molar-refractivity contribution in [2.45, 2.75) is 37.5 Å². The van der Waals surface area contributed by atoms with Gasteiger partial charge >= 0.3 is 0 Å². The Kier molecular flexibility index (Phi) is 3.72. The fourth-order valence-electron chi connectivity index (χ4n) is 4.38. The Labute approximate surface area is 141 Å².